The molecule has 0 aliphatic carbocycles. The highest BCUT2D eigenvalue weighted by Crippen LogP contribution is 2.31. The van der Waals surface area contributed by atoms with Crippen molar-refractivity contribution in [3.63, 3.8) is 0 Å². The molecule has 2 fully saturated rings. The van der Waals surface area contributed by atoms with Gasteiger partial charge in [-0.1, -0.05) is 0 Å². The first-order chi connectivity index (χ1) is 12.5. The van der Waals surface area contributed by atoms with E-state index in [9.17, 15) is 19.7 Å². The number of carbonyl (C=O) groups is 2. The van der Waals surface area contributed by atoms with E-state index in [1.807, 2.05) is 4.90 Å². The number of hydrogen-bond donors (Lipinski definition) is 1. The summed E-state index contributed by atoms with van der Waals surface area (Å²) in [6, 6.07) is 4.68. The minimum Gasteiger partial charge on any atom is -0.366 e. The van der Waals surface area contributed by atoms with Crippen LogP contribution in [0.15, 0.2) is 18.2 Å². The number of piperidine rings is 1. The van der Waals surface area contributed by atoms with Crippen molar-refractivity contribution in [1.82, 2.24) is 10.2 Å². The quantitative estimate of drug-likeness (QED) is 0.654. The number of nitrogens with one attached hydrogen (secondary N) is 1. The maximum Gasteiger partial charge on any atom is 0.293 e. The van der Waals surface area contributed by atoms with Crippen molar-refractivity contribution in [3.05, 3.63) is 33.9 Å². The van der Waals surface area contributed by atoms with Crippen LogP contribution in [0.25, 0.3) is 0 Å². The second-order valence-electron chi connectivity index (χ2n) is 6.91. The summed E-state index contributed by atoms with van der Waals surface area (Å²) < 4.78 is 0. The average Bonchev–Trinajstić information content (AvgIpc) is 3.16. The van der Waals surface area contributed by atoms with Crippen LogP contribution < -0.4 is 10.2 Å². The van der Waals surface area contributed by atoms with Crippen molar-refractivity contribution in [1.29, 1.82) is 0 Å². The van der Waals surface area contributed by atoms with E-state index in [-0.39, 0.29) is 23.5 Å². The highest BCUT2D eigenvalue weighted by atomic mass is 16.6. The number of rotatable bonds is 4. The van der Waals surface area contributed by atoms with Crippen LogP contribution in [0.5, 0.6) is 0 Å². The molecule has 1 aromatic rings. The van der Waals surface area contributed by atoms with Crippen LogP contribution in [0.3, 0.4) is 0 Å². The fourth-order valence-corrected chi connectivity index (χ4v) is 3.64. The molecule has 0 atom stereocenters. The van der Waals surface area contributed by atoms with E-state index < -0.39 is 4.92 Å². The average molecular weight is 360 g/mol. The Morgan fingerprint density at radius 1 is 1.15 bits per heavy atom. The molecule has 2 aliphatic rings. The highest BCUT2D eigenvalue weighted by molar-refractivity contribution is 5.96. The van der Waals surface area contributed by atoms with Crippen LogP contribution >= 0.6 is 0 Å². The first-order valence-corrected chi connectivity index (χ1v) is 9.05. The number of carbonyl (C=O) groups excluding carboxylic acids is 2. The third-order valence-corrected chi connectivity index (χ3v) is 5.16. The summed E-state index contributed by atoms with van der Waals surface area (Å²) in [4.78, 5) is 38.7. The normalized spacial score (nSPS) is 18.0. The lowest BCUT2D eigenvalue weighted by Gasteiger charge is -2.31. The Labute approximate surface area is 152 Å². The zero-order valence-electron chi connectivity index (χ0n) is 14.9. The Bertz CT molecular complexity index is 707. The number of nitrogens with zero attached hydrogens (tertiary/aromatic N) is 3. The minimum atomic E-state index is -0.421. The second kappa shape index (κ2) is 7.72. The van der Waals surface area contributed by atoms with Gasteiger partial charge in [0.05, 0.1) is 4.92 Å². The Kier molecular flexibility index (Phi) is 5.39. The van der Waals surface area contributed by atoms with E-state index in [0.717, 1.165) is 25.9 Å². The number of nitro groups is 1. The van der Waals surface area contributed by atoms with Gasteiger partial charge in [-0.25, -0.2) is 0 Å². The minimum absolute atomic E-state index is 0.0181. The van der Waals surface area contributed by atoms with Gasteiger partial charge in [0.25, 0.3) is 11.6 Å². The molecule has 0 bridgehead atoms. The van der Waals surface area contributed by atoms with Crippen molar-refractivity contribution < 1.29 is 14.5 Å². The molecule has 1 N–H and O–H groups in total. The fraction of sp³-hybridized carbons (Fsp3) is 0.556. The Morgan fingerprint density at radius 2 is 1.81 bits per heavy atom. The molecule has 2 amide bonds. The van der Waals surface area contributed by atoms with Gasteiger partial charge in [0.15, 0.2) is 0 Å². The van der Waals surface area contributed by atoms with E-state index in [2.05, 4.69) is 5.32 Å². The fourth-order valence-electron chi connectivity index (χ4n) is 3.64. The van der Waals surface area contributed by atoms with Crippen LogP contribution in [0.4, 0.5) is 11.4 Å². The van der Waals surface area contributed by atoms with Gasteiger partial charge in [-0.05, 0) is 37.8 Å². The molecule has 2 aliphatic heterocycles. The Morgan fingerprint density at radius 3 is 2.38 bits per heavy atom. The summed E-state index contributed by atoms with van der Waals surface area (Å²) in [5, 5.41) is 14.4. The van der Waals surface area contributed by atoms with E-state index in [1.165, 1.54) is 6.07 Å². The predicted molar refractivity (Wildman–Crippen MR) is 97.3 cm³/mol. The third kappa shape index (κ3) is 3.95. The zero-order chi connectivity index (χ0) is 18.7. The molecule has 0 radical (unpaired) electrons. The van der Waals surface area contributed by atoms with Crippen molar-refractivity contribution in [3.8, 4) is 0 Å². The van der Waals surface area contributed by atoms with Crippen LogP contribution in [-0.2, 0) is 4.79 Å². The van der Waals surface area contributed by atoms with E-state index >= 15 is 0 Å². The van der Waals surface area contributed by atoms with E-state index in [1.54, 1.807) is 24.0 Å². The lowest BCUT2D eigenvalue weighted by molar-refractivity contribution is -0.384. The molecular weight excluding hydrogens is 336 g/mol. The van der Waals surface area contributed by atoms with Crippen LogP contribution in [0.2, 0.25) is 0 Å². The monoisotopic (exact) mass is 360 g/mol. The molecular formula is C18H24N4O4. The molecule has 2 heterocycles. The first kappa shape index (κ1) is 18.2. The largest absolute Gasteiger partial charge is 0.366 e. The van der Waals surface area contributed by atoms with Gasteiger partial charge < -0.3 is 15.1 Å². The first-order valence-electron chi connectivity index (χ1n) is 9.05. The number of nitro benzene ring substituents is 1. The summed E-state index contributed by atoms with van der Waals surface area (Å²) in [6.45, 7) is 4.39. The number of amides is 2. The maximum atomic E-state index is 12.5. The summed E-state index contributed by atoms with van der Waals surface area (Å²) >= 11 is 0. The molecule has 0 spiro atoms. The lowest BCUT2D eigenvalue weighted by atomic mass is 10.0. The van der Waals surface area contributed by atoms with Crippen molar-refractivity contribution in [2.75, 3.05) is 31.1 Å². The molecule has 3 rings (SSSR count). The molecule has 0 unspecified atom stereocenters. The van der Waals surface area contributed by atoms with Gasteiger partial charge in [-0.15, -0.1) is 0 Å². The SMILES string of the molecule is CC(=O)N1CCC(NC(=O)c2ccc(N3CCCC3)c([N+](=O)[O-])c2)CC1. The number of likely N-dealkylation sites (tertiary alicyclic amines) is 1. The molecule has 2 saturated heterocycles. The number of anilines is 1. The molecule has 140 valence electrons. The maximum absolute atomic E-state index is 12.5. The molecule has 26 heavy (non-hydrogen) atoms. The summed E-state index contributed by atoms with van der Waals surface area (Å²) in [6.07, 6.45) is 3.44. The van der Waals surface area contributed by atoms with Gasteiger partial charge in [0.1, 0.15) is 5.69 Å². The Balaban J connectivity index is 1.68. The van der Waals surface area contributed by atoms with Crippen molar-refractivity contribution in [2.45, 2.75) is 38.6 Å². The predicted octanol–water partition coefficient (Wildman–Crippen LogP) is 1.94. The van der Waals surface area contributed by atoms with Crippen LogP contribution in [0, 0.1) is 10.1 Å². The van der Waals surface area contributed by atoms with E-state index in [4.69, 9.17) is 0 Å². The Hall–Kier alpha value is -2.64. The smallest absolute Gasteiger partial charge is 0.293 e. The lowest BCUT2D eigenvalue weighted by Crippen LogP contribution is -2.46. The summed E-state index contributed by atoms with van der Waals surface area (Å²) in [5.74, 6) is -0.259. The molecule has 0 saturated carbocycles. The zero-order valence-corrected chi connectivity index (χ0v) is 14.9. The van der Waals surface area contributed by atoms with Crippen molar-refractivity contribution in [2.24, 2.45) is 0 Å². The number of benzene rings is 1. The van der Waals surface area contributed by atoms with Crippen LogP contribution in [-0.4, -0.2) is 53.9 Å². The van der Waals surface area contributed by atoms with Gasteiger partial charge in [-0.2, -0.15) is 0 Å². The third-order valence-electron chi connectivity index (χ3n) is 5.16. The number of hydrogen-bond acceptors (Lipinski definition) is 5. The molecule has 8 nitrogen and oxygen atoms in total. The molecule has 8 heteroatoms. The summed E-state index contributed by atoms with van der Waals surface area (Å²) in [5.41, 5.74) is 0.860. The van der Waals surface area contributed by atoms with E-state index in [0.29, 0.717) is 37.2 Å². The topological polar surface area (TPSA) is 95.8 Å². The van der Waals surface area contributed by atoms with Gasteiger partial charge >= 0.3 is 0 Å². The van der Waals surface area contributed by atoms with Gasteiger partial charge in [0, 0.05) is 50.8 Å². The van der Waals surface area contributed by atoms with Gasteiger partial charge in [-0.3, -0.25) is 19.7 Å². The second-order valence-corrected chi connectivity index (χ2v) is 6.91. The molecule has 1 aromatic carbocycles. The van der Waals surface area contributed by atoms with Gasteiger partial charge in [0.2, 0.25) is 5.91 Å². The van der Waals surface area contributed by atoms with Crippen LogP contribution in [0.1, 0.15) is 43.0 Å². The van der Waals surface area contributed by atoms with Crippen molar-refractivity contribution >= 4 is 23.2 Å². The highest BCUT2D eigenvalue weighted by Gasteiger charge is 2.26. The standard InChI is InChI=1S/C18H24N4O4/c1-13(23)20-10-6-15(7-11-20)19-18(24)14-4-5-16(17(12-14)22(25)26)21-8-2-3-9-21/h4-5,12,15H,2-3,6-11H2,1H3,(H,19,24). The summed E-state index contributed by atoms with van der Waals surface area (Å²) in [7, 11) is 0. The molecule has 0 aromatic heterocycles.